The Balaban J connectivity index is 1.65. The van der Waals surface area contributed by atoms with Crippen LogP contribution in [0, 0.1) is 6.92 Å². The molecule has 1 fully saturated rings. The zero-order valence-electron chi connectivity index (χ0n) is 21.2. The van der Waals surface area contributed by atoms with Crippen molar-refractivity contribution in [3.05, 3.63) is 32.6 Å². The highest BCUT2D eigenvalue weighted by atomic mass is 31.2. The van der Waals surface area contributed by atoms with Gasteiger partial charge in [-0.25, -0.2) is 9.36 Å². The summed E-state index contributed by atoms with van der Waals surface area (Å²) in [5.74, 6) is 0. The highest BCUT2D eigenvalue weighted by molar-refractivity contribution is 7.47. The third kappa shape index (κ3) is 10.7. The van der Waals surface area contributed by atoms with E-state index in [0.717, 1.165) is 19.3 Å². The topological polar surface area (TPSA) is 140 Å². The summed E-state index contributed by atoms with van der Waals surface area (Å²) in [6, 6.07) is 0. The van der Waals surface area contributed by atoms with Crippen molar-refractivity contribution < 1.29 is 28.3 Å². The Morgan fingerprint density at radius 2 is 1.63 bits per heavy atom. The normalized spacial score (nSPS) is 21.9. The molecular weight excluding hydrogens is 475 g/mol. The molecule has 4 atom stereocenters. The van der Waals surface area contributed by atoms with Gasteiger partial charge < -0.3 is 14.7 Å². The lowest BCUT2D eigenvalue weighted by Gasteiger charge is -2.19. The van der Waals surface area contributed by atoms with Gasteiger partial charge in [0.1, 0.15) is 18.4 Å². The lowest BCUT2D eigenvalue weighted by molar-refractivity contribution is -0.0464. The van der Waals surface area contributed by atoms with Crippen LogP contribution < -0.4 is 11.2 Å². The fourth-order valence-electron chi connectivity index (χ4n) is 4.27. The Morgan fingerprint density at radius 3 is 2.20 bits per heavy atom. The van der Waals surface area contributed by atoms with Crippen LogP contribution in [0.15, 0.2) is 15.8 Å². The minimum absolute atomic E-state index is 0.0448. The summed E-state index contributed by atoms with van der Waals surface area (Å²) in [4.78, 5) is 36.0. The molecule has 10 nitrogen and oxygen atoms in total. The zero-order chi connectivity index (χ0) is 25.7. The van der Waals surface area contributed by atoms with Crippen LogP contribution in [0.25, 0.3) is 0 Å². The highest BCUT2D eigenvalue weighted by Gasteiger charge is 2.41. The van der Waals surface area contributed by atoms with Gasteiger partial charge in [-0.1, -0.05) is 77.6 Å². The zero-order valence-corrected chi connectivity index (χ0v) is 22.0. The first-order valence-electron chi connectivity index (χ1n) is 13.0. The predicted octanol–water partition coefficient (Wildman–Crippen LogP) is 4.33. The summed E-state index contributed by atoms with van der Waals surface area (Å²) < 4.78 is 29.6. The van der Waals surface area contributed by atoms with Gasteiger partial charge in [0.25, 0.3) is 5.56 Å². The molecule has 0 bridgehead atoms. The summed E-state index contributed by atoms with van der Waals surface area (Å²) in [7, 11) is -4.36. The van der Waals surface area contributed by atoms with E-state index in [2.05, 4.69) is 11.9 Å². The number of H-pyrrole nitrogens is 1. The second-order valence-electron chi connectivity index (χ2n) is 9.36. The molecule has 11 heteroatoms. The Morgan fingerprint density at radius 1 is 1.06 bits per heavy atom. The average molecular weight is 519 g/mol. The van der Waals surface area contributed by atoms with Crippen molar-refractivity contribution >= 4 is 7.82 Å². The number of aromatic amines is 1. The second kappa shape index (κ2) is 15.7. The number of hydrogen-bond donors (Lipinski definition) is 3. The van der Waals surface area contributed by atoms with Gasteiger partial charge in [-0.15, -0.1) is 0 Å². The van der Waals surface area contributed by atoms with Crippen LogP contribution in [0.5, 0.6) is 0 Å². The molecule has 0 radical (unpaired) electrons. The molecule has 1 aliphatic rings. The molecule has 1 aliphatic heterocycles. The van der Waals surface area contributed by atoms with Crippen molar-refractivity contribution in [1.29, 1.82) is 0 Å². The Labute approximate surface area is 207 Å². The van der Waals surface area contributed by atoms with Crippen LogP contribution in [0.1, 0.15) is 102 Å². The first-order chi connectivity index (χ1) is 16.8. The van der Waals surface area contributed by atoms with Crippen LogP contribution >= 0.6 is 7.82 Å². The molecule has 2 rings (SSSR count). The van der Waals surface area contributed by atoms with E-state index < -0.39 is 44.1 Å². The van der Waals surface area contributed by atoms with E-state index in [1.807, 2.05) is 0 Å². The molecule has 35 heavy (non-hydrogen) atoms. The Kier molecular flexibility index (Phi) is 13.5. The summed E-state index contributed by atoms with van der Waals surface area (Å²) in [5.41, 5.74) is -0.850. The number of aromatic nitrogens is 2. The van der Waals surface area contributed by atoms with E-state index in [-0.39, 0.29) is 13.0 Å². The van der Waals surface area contributed by atoms with Gasteiger partial charge >= 0.3 is 13.5 Å². The number of unbranched alkanes of at least 4 members (excludes halogenated alkanes) is 11. The Hall–Kier alpha value is -1.29. The monoisotopic (exact) mass is 518 g/mol. The molecule has 0 amide bonds. The van der Waals surface area contributed by atoms with Crippen LogP contribution in [0.3, 0.4) is 0 Å². The van der Waals surface area contributed by atoms with E-state index in [9.17, 15) is 24.2 Å². The lowest BCUT2D eigenvalue weighted by Crippen LogP contribution is -2.33. The standard InChI is InChI=1S/C24H43N2O8P/c1-3-4-5-6-7-8-9-10-11-12-13-14-15-32-35(30,31)34-20-16-22(33-21(20)18-27)26-17-19(2)23(28)25-24(26)29/h17,20-22,27H,3-16,18H2,1-2H3,(H,30,31)(H,25,28,29)/t20-,21+,22+/m0/s1. The number of ether oxygens (including phenoxy) is 1. The number of rotatable bonds is 18. The maximum absolute atomic E-state index is 12.4. The number of nitrogens with zero attached hydrogens (tertiary/aromatic N) is 1. The van der Waals surface area contributed by atoms with Crippen molar-refractivity contribution in [1.82, 2.24) is 9.55 Å². The first-order valence-corrected chi connectivity index (χ1v) is 14.5. The maximum atomic E-state index is 12.4. The van der Waals surface area contributed by atoms with E-state index >= 15 is 0 Å². The van der Waals surface area contributed by atoms with Crippen molar-refractivity contribution in [2.24, 2.45) is 0 Å². The van der Waals surface area contributed by atoms with Gasteiger partial charge in [0.15, 0.2) is 0 Å². The smallest absolute Gasteiger partial charge is 0.394 e. The minimum atomic E-state index is -4.36. The fraction of sp³-hybridized carbons (Fsp3) is 0.833. The molecular formula is C24H43N2O8P. The largest absolute Gasteiger partial charge is 0.472 e. The molecule has 0 spiro atoms. The van der Waals surface area contributed by atoms with Gasteiger partial charge in [0, 0.05) is 18.2 Å². The molecule has 0 saturated carbocycles. The average Bonchev–Trinajstić information content (AvgIpc) is 3.21. The Bertz CT molecular complexity index is 902. The number of aryl methyl sites for hydroxylation is 1. The number of phosphoric ester groups is 1. The number of aliphatic hydroxyl groups is 1. The summed E-state index contributed by atoms with van der Waals surface area (Å²) >= 11 is 0. The van der Waals surface area contributed by atoms with E-state index in [1.54, 1.807) is 6.92 Å². The highest BCUT2D eigenvalue weighted by Crippen LogP contribution is 2.48. The molecule has 2 heterocycles. The summed E-state index contributed by atoms with van der Waals surface area (Å²) in [6.45, 7) is 3.42. The molecule has 1 saturated heterocycles. The molecule has 202 valence electrons. The minimum Gasteiger partial charge on any atom is -0.394 e. The molecule has 1 aromatic heterocycles. The number of aliphatic hydroxyl groups excluding tert-OH is 1. The van der Waals surface area contributed by atoms with Crippen LogP contribution in [-0.2, 0) is 18.3 Å². The predicted molar refractivity (Wildman–Crippen MR) is 133 cm³/mol. The van der Waals surface area contributed by atoms with E-state index in [1.165, 1.54) is 62.1 Å². The third-order valence-corrected chi connectivity index (χ3v) is 7.38. The molecule has 0 aliphatic carbocycles. The molecule has 0 aromatic carbocycles. The number of phosphoric acid groups is 1. The third-order valence-electron chi connectivity index (χ3n) is 6.34. The van der Waals surface area contributed by atoms with Gasteiger partial charge in [-0.2, -0.15) is 0 Å². The van der Waals surface area contributed by atoms with Gasteiger partial charge in [-0.05, 0) is 13.3 Å². The van der Waals surface area contributed by atoms with Crippen molar-refractivity contribution in [3.8, 4) is 0 Å². The van der Waals surface area contributed by atoms with E-state index in [4.69, 9.17) is 13.8 Å². The van der Waals surface area contributed by atoms with Crippen LogP contribution in [0.4, 0.5) is 0 Å². The van der Waals surface area contributed by atoms with Crippen molar-refractivity contribution in [3.63, 3.8) is 0 Å². The van der Waals surface area contributed by atoms with E-state index in [0.29, 0.717) is 12.0 Å². The van der Waals surface area contributed by atoms with Gasteiger partial charge in [-0.3, -0.25) is 23.4 Å². The quantitative estimate of drug-likeness (QED) is 0.193. The fourth-order valence-corrected chi connectivity index (χ4v) is 5.26. The molecule has 3 N–H and O–H groups in total. The first kappa shape index (κ1) is 29.9. The summed E-state index contributed by atoms with van der Waals surface area (Å²) in [5, 5.41) is 9.60. The number of nitrogens with one attached hydrogen (secondary N) is 1. The SMILES string of the molecule is CCCCCCCCCCCCCCOP(=O)(O)O[C@H]1C[C@H](n2cc(C)c(=O)[nH]c2=O)O[C@@H]1CO. The summed E-state index contributed by atoms with van der Waals surface area (Å²) in [6.07, 6.45) is 12.9. The van der Waals surface area contributed by atoms with Crippen molar-refractivity contribution in [2.75, 3.05) is 13.2 Å². The second-order valence-corrected chi connectivity index (χ2v) is 10.8. The van der Waals surface area contributed by atoms with Crippen LogP contribution in [-0.4, -0.2) is 45.0 Å². The van der Waals surface area contributed by atoms with Gasteiger partial charge in [0.2, 0.25) is 0 Å². The van der Waals surface area contributed by atoms with Crippen molar-refractivity contribution in [2.45, 2.75) is 116 Å². The number of hydrogen-bond acceptors (Lipinski definition) is 7. The molecule has 1 aromatic rings. The molecule has 1 unspecified atom stereocenters. The van der Waals surface area contributed by atoms with Gasteiger partial charge in [0.05, 0.1) is 13.2 Å². The lowest BCUT2D eigenvalue weighted by atomic mass is 10.1. The van der Waals surface area contributed by atoms with Crippen LogP contribution in [0.2, 0.25) is 0 Å². The maximum Gasteiger partial charge on any atom is 0.472 e.